The summed E-state index contributed by atoms with van der Waals surface area (Å²) in [5.41, 5.74) is 2.37. The van der Waals surface area contributed by atoms with Crippen LogP contribution in [0, 0.1) is 0 Å². The number of aromatic nitrogens is 4. The first-order chi connectivity index (χ1) is 13.2. The SMILES string of the molecule is Cn1ccnc1[C@@H](NC(=O)c1cnn(-c2ccccc2)c1)c1ccccc1. The average Bonchev–Trinajstić information content (AvgIpc) is 3.37. The smallest absolute Gasteiger partial charge is 0.255 e. The zero-order valence-electron chi connectivity index (χ0n) is 14.9. The minimum Gasteiger partial charge on any atom is -0.338 e. The van der Waals surface area contributed by atoms with Crippen LogP contribution in [0.25, 0.3) is 5.69 Å². The van der Waals surface area contributed by atoms with Gasteiger partial charge < -0.3 is 9.88 Å². The normalized spacial score (nSPS) is 11.9. The Morgan fingerprint density at radius 1 is 1.04 bits per heavy atom. The number of carbonyl (C=O) groups excluding carboxylic acids is 1. The van der Waals surface area contributed by atoms with Gasteiger partial charge in [-0.15, -0.1) is 0 Å². The molecule has 6 nitrogen and oxygen atoms in total. The summed E-state index contributed by atoms with van der Waals surface area (Å²) in [6.45, 7) is 0. The lowest BCUT2D eigenvalue weighted by Crippen LogP contribution is -2.30. The zero-order valence-corrected chi connectivity index (χ0v) is 14.9. The maximum absolute atomic E-state index is 12.9. The highest BCUT2D eigenvalue weighted by Gasteiger charge is 2.22. The molecule has 134 valence electrons. The van der Waals surface area contributed by atoms with Crippen molar-refractivity contribution in [1.29, 1.82) is 0 Å². The zero-order chi connectivity index (χ0) is 18.6. The van der Waals surface area contributed by atoms with Crippen molar-refractivity contribution in [2.45, 2.75) is 6.04 Å². The molecule has 0 radical (unpaired) electrons. The molecule has 0 spiro atoms. The summed E-state index contributed by atoms with van der Waals surface area (Å²) in [5.74, 6) is 0.569. The number of hydrogen-bond donors (Lipinski definition) is 1. The van der Waals surface area contributed by atoms with E-state index in [4.69, 9.17) is 0 Å². The highest BCUT2D eigenvalue weighted by molar-refractivity contribution is 5.94. The van der Waals surface area contributed by atoms with Crippen LogP contribution < -0.4 is 5.32 Å². The van der Waals surface area contributed by atoms with Crippen LogP contribution >= 0.6 is 0 Å². The summed E-state index contributed by atoms with van der Waals surface area (Å²) in [6.07, 6.45) is 6.89. The first-order valence-corrected chi connectivity index (χ1v) is 8.65. The van der Waals surface area contributed by atoms with Gasteiger partial charge in [0.25, 0.3) is 5.91 Å². The van der Waals surface area contributed by atoms with Gasteiger partial charge in [0, 0.05) is 25.6 Å². The molecule has 0 aliphatic carbocycles. The number of rotatable bonds is 5. The predicted octanol–water partition coefficient (Wildman–Crippen LogP) is 3.13. The van der Waals surface area contributed by atoms with Crippen LogP contribution in [0.4, 0.5) is 0 Å². The summed E-state index contributed by atoms with van der Waals surface area (Å²) in [5, 5.41) is 7.38. The number of aryl methyl sites for hydroxylation is 1. The van der Waals surface area contributed by atoms with E-state index >= 15 is 0 Å². The molecule has 0 fully saturated rings. The van der Waals surface area contributed by atoms with Crippen molar-refractivity contribution in [3.05, 3.63) is 102 Å². The van der Waals surface area contributed by atoms with Crippen molar-refractivity contribution in [3.8, 4) is 5.69 Å². The largest absolute Gasteiger partial charge is 0.338 e. The maximum Gasteiger partial charge on any atom is 0.255 e. The van der Waals surface area contributed by atoms with Crippen LogP contribution in [0.1, 0.15) is 27.8 Å². The number of benzene rings is 2. The van der Waals surface area contributed by atoms with Crippen LogP contribution in [-0.2, 0) is 7.05 Å². The summed E-state index contributed by atoms with van der Waals surface area (Å²) in [4.78, 5) is 17.3. The van der Waals surface area contributed by atoms with Gasteiger partial charge in [-0.25, -0.2) is 9.67 Å². The van der Waals surface area contributed by atoms with Crippen LogP contribution in [0.2, 0.25) is 0 Å². The molecule has 2 aromatic heterocycles. The lowest BCUT2D eigenvalue weighted by Gasteiger charge is -2.18. The van der Waals surface area contributed by atoms with E-state index in [0.717, 1.165) is 17.1 Å². The molecule has 0 saturated heterocycles. The van der Waals surface area contributed by atoms with Crippen molar-refractivity contribution in [2.75, 3.05) is 0 Å². The molecule has 4 aromatic rings. The summed E-state index contributed by atoms with van der Waals surface area (Å²) < 4.78 is 3.60. The first-order valence-electron chi connectivity index (χ1n) is 8.65. The van der Waals surface area contributed by atoms with Crippen LogP contribution in [0.3, 0.4) is 0 Å². The summed E-state index contributed by atoms with van der Waals surface area (Å²) in [7, 11) is 1.91. The van der Waals surface area contributed by atoms with Gasteiger partial charge in [-0.05, 0) is 17.7 Å². The lowest BCUT2D eigenvalue weighted by atomic mass is 10.1. The van der Waals surface area contributed by atoms with Gasteiger partial charge in [-0.3, -0.25) is 4.79 Å². The van der Waals surface area contributed by atoms with Crippen molar-refractivity contribution in [1.82, 2.24) is 24.6 Å². The highest BCUT2D eigenvalue weighted by atomic mass is 16.1. The third kappa shape index (κ3) is 3.50. The van der Waals surface area contributed by atoms with Gasteiger partial charge in [0.2, 0.25) is 0 Å². The quantitative estimate of drug-likeness (QED) is 0.597. The Morgan fingerprint density at radius 2 is 1.74 bits per heavy atom. The van der Waals surface area contributed by atoms with Crippen LogP contribution in [-0.4, -0.2) is 25.2 Å². The fraction of sp³-hybridized carbons (Fsp3) is 0.0952. The second kappa shape index (κ2) is 7.29. The van der Waals surface area contributed by atoms with E-state index in [2.05, 4.69) is 15.4 Å². The molecule has 2 aromatic carbocycles. The van der Waals surface area contributed by atoms with E-state index < -0.39 is 0 Å². The second-order valence-electron chi connectivity index (χ2n) is 6.22. The monoisotopic (exact) mass is 357 g/mol. The van der Waals surface area contributed by atoms with Gasteiger partial charge in [0.05, 0.1) is 17.4 Å². The van der Waals surface area contributed by atoms with Gasteiger partial charge in [0.1, 0.15) is 11.9 Å². The van der Waals surface area contributed by atoms with E-state index in [0.29, 0.717) is 5.56 Å². The Bertz CT molecular complexity index is 1040. The number of hydrogen-bond acceptors (Lipinski definition) is 3. The van der Waals surface area contributed by atoms with E-state index in [1.54, 1.807) is 23.3 Å². The highest BCUT2D eigenvalue weighted by Crippen LogP contribution is 2.21. The molecule has 1 amide bonds. The number of nitrogens with one attached hydrogen (secondary N) is 1. The summed E-state index contributed by atoms with van der Waals surface area (Å²) in [6, 6.07) is 19.1. The van der Waals surface area contributed by atoms with Crippen molar-refractivity contribution in [3.63, 3.8) is 0 Å². The molecule has 0 saturated carbocycles. The Kier molecular flexibility index (Phi) is 4.53. The molecular formula is C21H19N5O. The summed E-state index contributed by atoms with van der Waals surface area (Å²) >= 11 is 0. The third-order valence-corrected chi connectivity index (χ3v) is 4.39. The molecular weight excluding hydrogens is 338 g/mol. The number of amides is 1. The standard InChI is InChI=1S/C21H19N5O/c1-25-13-12-22-20(25)19(16-8-4-2-5-9-16)24-21(27)17-14-23-26(15-17)18-10-6-3-7-11-18/h2-15,19H,1H3,(H,24,27)/t19-/m0/s1. The predicted molar refractivity (Wildman–Crippen MR) is 103 cm³/mol. The van der Waals surface area contributed by atoms with E-state index in [9.17, 15) is 4.79 Å². The van der Waals surface area contributed by atoms with Gasteiger partial charge >= 0.3 is 0 Å². The van der Waals surface area contributed by atoms with E-state index in [-0.39, 0.29) is 11.9 Å². The number of nitrogens with zero attached hydrogens (tertiary/aromatic N) is 4. The van der Waals surface area contributed by atoms with Crippen LogP contribution in [0.5, 0.6) is 0 Å². The minimum absolute atomic E-state index is 0.200. The molecule has 1 atom stereocenters. The topological polar surface area (TPSA) is 64.7 Å². The fourth-order valence-electron chi connectivity index (χ4n) is 2.97. The molecule has 0 aliphatic rings. The lowest BCUT2D eigenvalue weighted by molar-refractivity contribution is 0.0941. The Balaban J connectivity index is 1.61. The third-order valence-electron chi connectivity index (χ3n) is 4.39. The van der Waals surface area contributed by atoms with E-state index in [1.165, 1.54) is 0 Å². The number of imidazole rings is 1. The fourth-order valence-corrected chi connectivity index (χ4v) is 2.97. The Labute approximate surface area is 157 Å². The Morgan fingerprint density at radius 3 is 2.41 bits per heavy atom. The molecule has 1 N–H and O–H groups in total. The number of carbonyl (C=O) groups is 1. The molecule has 2 heterocycles. The van der Waals surface area contributed by atoms with Crippen LogP contribution in [0.15, 0.2) is 85.5 Å². The maximum atomic E-state index is 12.9. The molecule has 27 heavy (non-hydrogen) atoms. The first kappa shape index (κ1) is 16.8. The Hall–Kier alpha value is -3.67. The number of para-hydroxylation sites is 1. The van der Waals surface area contributed by atoms with Gasteiger partial charge in [0.15, 0.2) is 0 Å². The molecule has 6 heteroatoms. The minimum atomic E-state index is -0.348. The van der Waals surface area contributed by atoms with E-state index in [1.807, 2.05) is 78.5 Å². The van der Waals surface area contributed by atoms with Crippen molar-refractivity contribution < 1.29 is 4.79 Å². The molecule has 0 unspecified atom stereocenters. The molecule has 0 bridgehead atoms. The van der Waals surface area contributed by atoms with Crippen molar-refractivity contribution >= 4 is 5.91 Å². The van der Waals surface area contributed by atoms with Crippen molar-refractivity contribution in [2.24, 2.45) is 7.05 Å². The molecule has 0 aliphatic heterocycles. The molecule has 4 rings (SSSR count). The van der Waals surface area contributed by atoms with Gasteiger partial charge in [-0.1, -0.05) is 48.5 Å². The van der Waals surface area contributed by atoms with Gasteiger partial charge in [-0.2, -0.15) is 5.10 Å². The average molecular weight is 357 g/mol. The second-order valence-corrected chi connectivity index (χ2v) is 6.22.